The summed E-state index contributed by atoms with van der Waals surface area (Å²) >= 11 is 0. The number of hydrogen-bond donors (Lipinski definition) is 1. The van der Waals surface area contributed by atoms with Gasteiger partial charge >= 0.3 is 0 Å². The smallest absolute Gasteiger partial charge is 0.0809 e. The molecule has 0 radical (unpaired) electrons. The van der Waals surface area contributed by atoms with Crippen LogP contribution in [0.1, 0.15) is 5.56 Å². The monoisotopic (exact) mass is 264 g/mol. The molecule has 1 saturated heterocycles. The maximum absolute atomic E-state index is 5.17. The molecule has 0 aliphatic carbocycles. The molecule has 0 saturated carbocycles. The van der Waals surface area contributed by atoms with Crippen molar-refractivity contribution in [1.82, 2.24) is 10.4 Å². The van der Waals surface area contributed by atoms with Crippen molar-refractivity contribution in [3.8, 4) is 0 Å². The molecule has 1 N–H and O–H groups in total. The van der Waals surface area contributed by atoms with E-state index < -0.39 is 0 Å². The van der Waals surface area contributed by atoms with E-state index in [9.17, 15) is 0 Å². The lowest BCUT2D eigenvalue weighted by Crippen LogP contribution is -2.28. The summed E-state index contributed by atoms with van der Waals surface area (Å²) in [5, 5.41) is 0. The molecule has 1 heterocycles. The van der Waals surface area contributed by atoms with Gasteiger partial charge in [0.2, 0.25) is 0 Å². The van der Waals surface area contributed by atoms with Gasteiger partial charge in [0.1, 0.15) is 0 Å². The standard InChI is InChI=1S/C11H16N2O.2ClH/c1-2-4-11(5-3-1)10-13-7-6-12-14-9-8-13;;/h1-5,12H,6-10H2;2*1H. The first-order valence-electron chi connectivity index (χ1n) is 5.06. The first-order chi connectivity index (χ1) is 6.95. The molecule has 1 aromatic rings. The summed E-state index contributed by atoms with van der Waals surface area (Å²) in [7, 11) is 0. The minimum Gasteiger partial charge on any atom is -0.300 e. The fourth-order valence-corrected chi connectivity index (χ4v) is 1.63. The normalized spacial score (nSPS) is 16.8. The van der Waals surface area contributed by atoms with Crippen LogP contribution in [0.15, 0.2) is 30.3 Å². The summed E-state index contributed by atoms with van der Waals surface area (Å²) in [4.78, 5) is 7.57. The molecular weight excluding hydrogens is 247 g/mol. The van der Waals surface area contributed by atoms with Crippen molar-refractivity contribution in [2.75, 3.05) is 26.2 Å². The summed E-state index contributed by atoms with van der Waals surface area (Å²) in [6.45, 7) is 4.75. The minimum atomic E-state index is 0. The Labute approximate surface area is 109 Å². The van der Waals surface area contributed by atoms with E-state index in [0.717, 1.165) is 32.8 Å². The van der Waals surface area contributed by atoms with Crippen molar-refractivity contribution in [2.24, 2.45) is 0 Å². The van der Waals surface area contributed by atoms with Gasteiger partial charge in [-0.25, -0.2) is 5.48 Å². The van der Waals surface area contributed by atoms with Crippen molar-refractivity contribution in [3.63, 3.8) is 0 Å². The maximum Gasteiger partial charge on any atom is 0.0809 e. The van der Waals surface area contributed by atoms with Crippen LogP contribution in [0.5, 0.6) is 0 Å². The summed E-state index contributed by atoms with van der Waals surface area (Å²) in [5.74, 6) is 0. The molecule has 0 aromatic heterocycles. The Morgan fingerprint density at radius 1 is 1.12 bits per heavy atom. The Morgan fingerprint density at radius 2 is 1.88 bits per heavy atom. The zero-order valence-corrected chi connectivity index (χ0v) is 10.7. The van der Waals surface area contributed by atoms with Gasteiger partial charge in [0.05, 0.1) is 6.61 Å². The number of rotatable bonds is 2. The maximum atomic E-state index is 5.17. The van der Waals surface area contributed by atoms with Gasteiger partial charge < -0.3 is 4.84 Å². The predicted molar refractivity (Wildman–Crippen MR) is 70.2 cm³/mol. The van der Waals surface area contributed by atoms with Gasteiger partial charge in [-0.15, -0.1) is 24.8 Å². The number of nitrogens with one attached hydrogen (secondary N) is 1. The molecule has 1 aromatic carbocycles. The van der Waals surface area contributed by atoms with Crippen LogP contribution in [0.4, 0.5) is 0 Å². The van der Waals surface area contributed by atoms with Crippen LogP contribution in [-0.4, -0.2) is 31.1 Å². The van der Waals surface area contributed by atoms with Crippen molar-refractivity contribution in [3.05, 3.63) is 35.9 Å². The van der Waals surface area contributed by atoms with Crippen LogP contribution in [0, 0.1) is 0 Å². The Bertz CT molecular complexity index is 264. The first kappa shape index (κ1) is 15.7. The third kappa shape index (κ3) is 5.14. The van der Waals surface area contributed by atoms with Crippen molar-refractivity contribution >= 4 is 24.8 Å². The van der Waals surface area contributed by atoms with Gasteiger partial charge in [-0.2, -0.15) is 0 Å². The van der Waals surface area contributed by atoms with E-state index in [1.54, 1.807) is 0 Å². The molecule has 92 valence electrons. The van der Waals surface area contributed by atoms with E-state index in [4.69, 9.17) is 4.84 Å². The summed E-state index contributed by atoms with van der Waals surface area (Å²) < 4.78 is 0. The molecule has 0 bridgehead atoms. The molecule has 0 spiro atoms. The minimum absolute atomic E-state index is 0. The number of hydrogen-bond acceptors (Lipinski definition) is 3. The Morgan fingerprint density at radius 3 is 2.62 bits per heavy atom. The van der Waals surface area contributed by atoms with E-state index in [2.05, 4.69) is 40.7 Å². The van der Waals surface area contributed by atoms with E-state index in [0.29, 0.717) is 0 Å². The molecule has 0 atom stereocenters. The molecule has 1 aliphatic heterocycles. The quantitative estimate of drug-likeness (QED) is 0.883. The third-order valence-electron chi connectivity index (χ3n) is 2.39. The van der Waals surface area contributed by atoms with Gasteiger partial charge in [-0.05, 0) is 5.56 Å². The first-order valence-corrected chi connectivity index (χ1v) is 5.06. The van der Waals surface area contributed by atoms with Gasteiger partial charge in [0.15, 0.2) is 0 Å². The second-order valence-electron chi connectivity index (χ2n) is 3.50. The Kier molecular flexibility index (Phi) is 8.61. The average molecular weight is 265 g/mol. The highest BCUT2D eigenvalue weighted by atomic mass is 35.5. The molecule has 0 unspecified atom stereocenters. The predicted octanol–water partition coefficient (Wildman–Crippen LogP) is 1.87. The van der Waals surface area contributed by atoms with Crippen molar-refractivity contribution in [2.45, 2.75) is 6.54 Å². The van der Waals surface area contributed by atoms with E-state index in [-0.39, 0.29) is 24.8 Å². The van der Waals surface area contributed by atoms with Crippen LogP contribution in [0.3, 0.4) is 0 Å². The van der Waals surface area contributed by atoms with Gasteiger partial charge in [0, 0.05) is 26.2 Å². The number of hydroxylamine groups is 1. The largest absolute Gasteiger partial charge is 0.300 e. The van der Waals surface area contributed by atoms with Crippen LogP contribution < -0.4 is 5.48 Å². The number of nitrogens with zero attached hydrogens (tertiary/aromatic N) is 1. The second-order valence-corrected chi connectivity index (χ2v) is 3.50. The molecule has 5 heteroatoms. The van der Waals surface area contributed by atoms with Gasteiger partial charge in [-0.1, -0.05) is 30.3 Å². The molecule has 1 aliphatic rings. The summed E-state index contributed by atoms with van der Waals surface area (Å²) in [5.41, 5.74) is 4.29. The lowest BCUT2D eigenvalue weighted by molar-refractivity contribution is 0.0546. The Balaban J connectivity index is 0.00000112. The van der Waals surface area contributed by atoms with Crippen LogP contribution in [0.2, 0.25) is 0 Å². The van der Waals surface area contributed by atoms with Crippen LogP contribution >= 0.6 is 24.8 Å². The number of halogens is 2. The number of benzene rings is 1. The van der Waals surface area contributed by atoms with E-state index >= 15 is 0 Å². The van der Waals surface area contributed by atoms with Gasteiger partial charge in [-0.3, -0.25) is 4.90 Å². The lowest BCUT2D eigenvalue weighted by Gasteiger charge is -2.18. The zero-order chi connectivity index (χ0) is 9.64. The van der Waals surface area contributed by atoms with Crippen molar-refractivity contribution in [1.29, 1.82) is 0 Å². The van der Waals surface area contributed by atoms with Crippen LogP contribution in [-0.2, 0) is 11.4 Å². The molecule has 16 heavy (non-hydrogen) atoms. The highest BCUT2D eigenvalue weighted by Crippen LogP contribution is 2.04. The average Bonchev–Trinajstić information content (AvgIpc) is 2.48. The molecule has 2 rings (SSSR count). The lowest BCUT2D eigenvalue weighted by atomic mass is 10.2. The zero-order valence-electron chi connectivity index (χ0n) is 9.09. The molecule has 1 fully saturated rings. The SMILES string of the molecule is Cl.Cl.c1ccc(CN2CCNOCC2)cc1. The van der Waals surface area contributed by atoms with Gasteiger partial charge in [0.25, 0.3) is 0 Å². The third-order valence-corrected chi connectivity index (χ3v) is 2.39. The highest BCUT2D eigenvalue weighted by molar-refractivity contribution is 5.85. The highest BCUT2D eigenvalue weighted by Gasteiger charge is 2.08. The Hall–Kier alpha value is -0.320. The van der Waals surface area contributed by atoms with E-state index in [1.165, 1.54) is 5.56 Å². The fraction of sp³-hybridized carbons (Fsp3) is 0.455. The second kappa shape index (κ2) is 8.79. The van der Waals surface area contributed by atoms with Crippen LogP contribution in [0.25, 0.3) is 0 Å². The molecular formula is C11H18Cl2N2O. The molecule has 0 amide bonds. The van der Waals surface area contributed by atoms with E-state index in [1.807, 2.05) is 0 Å². The summed E-state index contributed by atoms with van der Waals surface area (Å²) in [6, 6.07) is 10.6. The fourth-order valence-electron chi connectivity index (χ4n) is 1.63. The molecule has 3 nitrogen and oxygen atoms in total. The van der Waals surface area contributed by atoms with Crippen molar-refractivity contribution < 1.29 is 4.84 Å². The topological polar surface area (TPSA) is 24.5 Å². The summed E-state index contributed by atoms with van der Waals surface area (Å²) in [6.07, 6.45) is 0.